The number of benzene rings is 2. The number of hydrogen-bond acceptors (Lipinski definition) is 25. The molecule has 0 radical (unpaired) electrons. The molecule has 0 saturated carbocycles. The summed E-state index contributed by atoms with van der Waals surface area (Å²) in [6.07, 6.45) is 4.09. The number of imide groups is 2. The SMILES string of the molecule is CCCCC(NC(=O)C(CCCCNC(=O)COCCOCCNC(=O)CCN1C(=O)CC(SCC(=O)NCC(=O)OCCC)C1=O)NC(=O)C(CCC(C)(C)C)NC(=O)Cc1cccc2ccccc12)C(=O)NC(CCCCNC(=O)COCCOCCNC(=O)CCN1C(=O)CC(SCC(=O)NCC(=O)OCCC)C1=O)C(N)=O. The van der Waals surface area contributed by atoms with Crippen LogP contribution < -0.4 is 58.9 Å². The van der Waals surface area contributed by atoms with Crippen molar-refractivity contribution in [3.63, 3.8) is 0 Å². The first-order valence-corrected chi connectivity index (χ1v) is 41.7. The van der Waals surface area contributed by atoms with Crippen molar-refractivity contribution >= 4 is 135 Å². The molecule has 2 aliphatic rings. The van der Waals surface area contributed by atoms with E-state index in [1.54, 1.807) is 0 Å². The second kappa shape index (κ2) is 56.1. The summed E-state index contributed by atoms with van der Waals surface area (Å²) in [5.41, 5.74) is 6.29. The van der Waals surface area contributed by atoms with Crippen LogP contribution in [0.4, 0.5) is 0 Å². The molecule has 0 aliphatic carbocycles. The van der Waals surface area contributed by atoms with E-state index >= 15 is 0 Å². The number of ether oxygens (including phenoxy) is 6. The lowest BCUT2D eigenvalue weighted by molar-refractivity contribution is -0.144. The maximum atomic E-state index is 14.6. The number of hydrogen-bond donors (Lipinski definition) is 11. The van der Waals surface area contributed by atoms with Crippen LogP contribution in [0, 0.1) is 5.41 Å². The van der Waals surface area contributed by atoms with Crippen LogP contribution in [0.15, 0.2) is 42.5 Å². The van der Waals surface area contributed by atoms with Gasteiger partial charge in [0.05, 0.1) is 81.3 Å². The van der Waals surface area contributed by atoms with Gasteiger partial charge in [-0.1, -0.05) is 96.8 Å². The van der Waals surface area contributed by atoms with Gasteiger partial charge in [-0.15, -0.1) is 23.5 Å². The minimum absolute atomic E-state index is 0.0299. The number of unbranched alkanes of at least 4 members (excludes halogenated alkanes) is 3. The molecular weight excluding hydrogens is 1550 g/mol. The summed E-state index contributed by atoms with van der Waals surface area (Å²) in [7, 11) is 0. The molecule has 646 valence electrons. The summed E-state index contributed by atoms with van der Waals surface area (Å²) < 4.78 is 31.7. The Labute approximate surface area is 685 Å². The Balaban J connectivity index is 1.20. The number of nitrogens with zero attached hydrogens (tertiary/aromatic N) is 2. The maximum absolute atomic E-state index is 14.6. The predicted molar refractivity (Wildman–Crippen MR) is 429 cm³/mol. The van der Waals surface area contributed by atoms with Gasteiger partial charge in [-0.05, 0) is 92.4 Å². The second-order valence-electron chi connectivity index (χ2n) is 28.8. The van der Waals surface area contributed by atoms with Gasteiger partial charge in [-0.25, -0.2) is 0 Å². The van der Waals surface area contributed by atoms with Crippen LogP contribution in [0.5, 0.6) is 0 Å². The maximum Gasteiger partial charge on any atom is 0.325 e. The molecule has 6 unspecified atom stereocenters. The zero-order chi connectivity index (χ0) is 85.2. The van der Waals surface area contributed by atoms with Crippen molar-refractivity contribution in [2.75, 3.05) is 130 Å². The fourth-order valence-corrected chi connectivity index (χ4v) is 13.5. The van der Waals surface area contributed by atoms with Crippen LogP contribution in [0.3, 0.4) is 0 Å². The first-order valence-electron chi connectivity index (χ1n) is 39.6. The zero-order valence-corrected chi connectivity index (χ0v) is 69.2. The van der Waals surface area contributed by atoms with Gasteiger partial charge in [-0.3, -0.25) is 91.3 Å². The summed E-state index contributed by atoms with van der Waals surface area (Å²) in [6, 6.07) is 8.58. The summed E-state index contributed by atoms with van der Waals surface area (Å²) in [5.74, 6) is -9.47. The molecule has 0 spiro atoms. The monoisotopic (exact) mass is 1670 g/mol. The summed E-state index contributed by atoms with van der Waals surface area (Å²) in [4.78, 5) is 221. The van der Waals surface area contributed by atoms with Crippen molar-refractivity contribution in [2.24, 2.45) is 11.1 Å². The third-order valence-electron chi connectivity index (χ3n) is 17.8. The molecule has 12 N–H and O–H groups in total. The fraction of sp³-hybridized carbons (Fsp3) is 0.654. The number of carbonyl (C=O) groups excluding carboxylic acids is 17. The van der Waals surface area contributed by atoms with Gasteiger partial charge in [0.2, 0.25) is 88.6 Å². The molecule has 2 saturated heterocycles. The normalized spacial score (nSPS) is 15.0. The van der Waals surface area contributed by atoms with E-state index in [0.29, 0.717) is 51.4 Å². The lowest BCUT2D eigenvalue weighted by Crippen LogP contribution is -2.58. The van der Waals surface area contributed by atoms with Gasteiger partial charge in [0, 0.05) is 65.0 Å². The number of rotatable bonds is 61. The van der Waals surface area contributed by atoms with E-state index in [2.05, 4.69) is 53.2 Å². The molecule has 2 aromatic rings. The Morgan fingerprint density at radius 1 is 0.457 bits per heavy atom. The average molecular weight is 1670 g/mol. The van der Waals surface area contributed by atoms with Crippen LogP contribution in [-0.2, 0) is 116 Å². The standard InChI is InChI=1S/C78H119N13O23S2/c1-7-10-22-56(73(104)87-55(72(79)103)23-13-15-29-80-64(95)48-111-41-39-109-37-31-82-61(92)26-33-90-68(99)44-59(76(90)107)115-50-66(97)84-46-70(101)113-35-8-2)88-74(105)57(89-75(106)58(25-28-78(4,5)6)86-63(94)43-53-20-17-19-52-18-11-12-21-54(52)53)24-14-16-30-81-65(96)49-112-42-40-110-38-32-83-62(93)27-34-91-69(100)45-60(77(91)108)116-51-67(98)85-47-71(102)114-36-9-3/h11-12,17-21,55-60H,7-10,13-16,22-51H2,1-6H3,(H2,79,103)(H,80,95)(H,81,96)(H,82,92)(H,83,93)(H,84,97)(H,85,98)(H,86,94)(H,87,104)(H,88,105)(H,89,106). The van der Waals surface area contributed by atoms with Crippen molar-refractivity contribution in [3.05, 3.63) is 48.0 Å². The summed E-state index contributed by atoms with van der Waals surface area (Å²) >= 11 is 1.93. The van der Waals surface area contributed by atoms with Gasteiger partial charge >= 0.3 is 11.9 Å². The Morgan fingerprint density at radius 3 is 1.35 bits per heavy atom. The van der Waals surface area contributed by atoms with E-state index in [4.69, 9.17) is 34.2 Å². The average Bonchev–Trinajstić information content (AvgIpc) is 1.77. The van der Waals surface area contributed by atoms with Gasteiger partial charge < -0.3 is 87.3 Å². The van der Waals surface area contributed by atoms with Gasteiger partial charge in [0.1, 0.15) is 50.5 Å². The van der Waals surface area contributed by atoms with Crippen LogP contribution in [0.25, 0.3) is 10.8 Å². The topological polar surface area (TPSA) is 498 Å². The lowest BCUT2D eigenvalue weighted by Gasteiger charge is -2.27. The Kier molecular flexibility index (Phi) is 47.8. The smallest absolute Gasteiger partial charge is 0.325 e. The molecule has 38 heteroatoms. The number of nitrogens with two attached hydrogens (primary N) is 1. The van der Waals surface area contributed by atoms with Gasteiger partial charge in [0.15, 0.2) is 0 Å². The molecule has 0 aromatic heterocycles. The van der Waals surface area contributed by atoms with E-state index in [1.807, 2.05) is 84.0 Å². The molecule has 2 fully saturated rings. The van der Waals surface area contributed by atoms with E-state index in [0.717, 1.165) is 49.7 Å². The van der Waals surface area contributed by atoms with E-state index < -0.39 is 135 Å². The molecule has 2 heterocycles. The number of likely N-dealkylation sites (tertiary alicyclic amines) is 2. The number of amides is 15. The highest BCUT2D eigenvalue weighted by molar-refractivity contribution is 8.01. The van der Waals surface area contributed by atoms with Crippen LogP contribution in [0.2, 0.25) is 0 Å². The number of thioether (sulfide) groups is 2. The first kappa shape index (κ1) is 99.0. The number of nitrogens with one attached hydrogen (secondary N) is 10. The largest absolute Gasteiger partial charge is 0.464 e. The van der Waals surface area contributed by atoms with Crippen molar-refractivity contribution in [1.82, 2.24) is 63.0 Å². The van der Waals surface area contributed by atoms with Crippen LogP contribution in [-0.4, -0.2) is 275 Å². The second-order valence-corrected chi connectivity index (χ2v) is 31.1. The third-order valence-corrected chi connectivity index (χ3v) is 20.2. The minimum atomic E-state index is -1.25. The molecule has 36 nitrogen and oxygen atoms in total. The molecule has 2 aliphatic heterocycles. The Hall–Kier alpha value is -9.37. The van der Waals surface area contributed by atoms with Crippen molar-refractivity contribution < 1.29 is 110 Å². The number of esters is 2. The van der Waals surface area contributed by atoms with Crippen molar-refractivity contribution in [2.45, 2.75) is 192 Å². The van der Waals surface area contributed by atoms with E-state index in [1.165, 1.54) is 0 Å². The zero-order valence-electron chi connectivity index (χ0n) is 67.6. The molecule has 116 heavy (non-hydrogen) atoms. The van der Waals surface area contributed by atoms with E-state index in [9.17, 15) is 81.5 Å². The van der Waals surface area contributed by atoms with Crippen LogP contribution >= 0.6 is 23.5 Å². The van der Waals surface area contributed by atoms with E-state index in [-0.39, 0.29) is 200 Å². The Morgan fingerprint density at radius 2 is 0.888 bits per heavy atom. The van der Waals surface area contributed by atoms with Crippen LogP contribution in [0.1, 0.15) is 156 Å². The quantitative estimate of drug-likeness (QED) is 0.0242. The summed E-state index contributed by atoms with van der Waals surface area (Å²) in [5, 5.41) is 27.1. The predicted octanol–water partition coefficient (Wildman–Crippen LogP) is 0.335. The highest BCUT2D eigenvalue weighted by Crippen LogP contribution is 2.28. The number of fused-ring (bicyclic) bond motifs is 1. The molecule has 2 aromatic carbocycles. The lowest BCUT2D eigenvalue weighted by atomic mass is 9.88. The van der Waals surface area contributed by atoms with Crippen molar-refractivity contribution in [3.8, 4) is 0 Å². The molecule has 15 amide bonds. The molecular formula is C78H119N13O23S2. The minimum Gasteiger partial charge on any atom is -0.464 e. The highest BCUT2D eigenvalue weighted by atomic mass is 32.2. The van der Waals surface area contributed by atoms with Crippen molar-refractivity contribution in [1.29, 1.82) is 0 Å². The first-order chi connectivity index (χ1) is 55.5. The highest BCUT2D eigenvalue weighted by Gasteiger charge is 2.41. The fourth-order valence-electron chi connectivity index (χ4n) is 11.5. The summed E-state index contributed by atoms with van der Waals surface area (Å²) in [6.45, 7) is 11.5. The Bertz CT molecular complexity index is 3580. The molecule has 0 bridgehead atoms. The third kappa shape index (κ3) is 41.0. The number of primary amides is 1. The molecule has 4 rings (SSSR count). The molecule has 6 atom stereocenters. The van der Waals surface area contributed by atoms with Gasteiger partial charge in [-0.2, -0.15) is 0 Å². The van der Waals surface area contributed by atoms with Gasteiger partial charge in [0.25, 0.3) is 0 Å². The number of carbonyl (C=O) groups is 17.